The van der Waals surface area contributed by atoms with Gasteiger partial charge in [0.05, 0.1) is 0 Å². The van der Waals surface area contributed by atoms with Gasteiger partial charge in [0.2, 0.25) is 0 Å². The predicted molar refractivity (Wildman–Crippen MR) is 84.9 cm³/mol. The lowest BCUT2D eigenvalue weighted by Crippen LogP contribution is -2.49. The van der Waals surface area contributed by atoms with E-state index < -0.39 is 5.60 Å². The van der Waals surface area contributed by atoms with Crippen LogP contribution in [-0.2, 0) is 4.74 Å². The van der Waals surface area contributed by atoms with Crippen molar-refractivity contribution in [3.05, 3.63) is 0 Å². The molecule has 4 nitrogen and oxygen atoms in total. The molecule has 0 spiro atoms. The largest absolute Gasteiger partial charge is 0.444 e. The third kappa shape index (κ3) is 8.41. The lowest BCUT2D eigenvalue weighted by atomic mass is 9.99. The molecule has 0 radical (unpaired) electrons. The summed E-state index contributed by atoms with van der Waals surface area (Å²) >= 11 is 0. The van der Waals surface area contributed by atoms with Crippen molar-refractivity contribution in [1.82, 2.24) is 10.6 Å². The Morgan fingerprint density at radius 1 is 1.15 bits per heavy atom. The highest BCUT2D eigenvalue weighted by atomic mass is 16.6. The highest BCUT2D eigenvalue weighted by molar-refractivity contribution is 5.68. The van der Waals surface area contributed by atoms with Crippen LogP contribution in [0.15, 0.2) is 0 Å². The van der Waals surface area contributed by atoms with Crippen molar-refractivity contribution in [1.29, 1.82) is 0 Å². The maximum absolute atomic E-state index is 11.8. The minimum atomic E-state index is -0.455. The van der Waals surface area contributed by atoms with Crippen LogP contribution in [0.5, 0.6) is 0 Å². The fourth-order valence-corrected chi connectivity index (χ4v) is 1.78. The molecule has 0 fully saturated rings. The van der Waals surface area contributed by atoms with Crippen molar-refractivity contribution in [2.45, 2.75) is 79.5 Å². The smallest absolute Gasteiger partial charge is 0.407 e. The molecular formula is C16H34N2O2. The number of carbonyl (C=O) groups excluding carboxylic acids is 1. The lowest BCUT2D eigenvalue weighted by molar-refractivity contribution is 0.0488. The summed E-state index contributed by atoms with van der Waals surface area (Å²) in [6.45, 7) is 17.2. The molecule has 0 aliphatic carbocycles. The van der Waals surface area contributed by atoms with Gasteiger partial charge in [0.15, 0.2) is 0 Å². The van der Waals surface area contributed by atoms with Crippen LogP contribution in [-0.4, -0.2) is 30.3 Å². The first-order valence-corrected chi connectivity index (χ1v) is 7.79. The van der Waals surface area contributed by atoms with E-state index in [0.717, 1.165) is 13.0 Å². The molecule has 0 aromatic heterocycles. The summed E-state index contributed by atoms with van der Waals surface area (Å²) in [5, 5.41) is 6.47. The predicted octanol–water partition coefficient (Wildman–Crippen LogP) is 3.56. The maximum Gasteiger partial charge on any atom is 0.407 e. The normalized spacial score (nSPS) is 16.6. The molecule has 120 valence electrons. The number of rotatable bonds is 7. The molecule has 3 unspecified atom stereocenters. The molecule has 0 aromatic carbocycles. The summed E-state index contributed by atoms with van der Waals surface area (Å²) in [5.74, 6) is 0.989. The van der Waals surface area contributed by atoms with Gasteiger partial charge < -0.3 is 15.4 Å². The second-order valence-corrected chi connectivity index (χ2v) is 7.08. The number of nitrogens with one attached hydrogen (secondary N) is 2. The Hall–Kier alpha value is -0.770. The fourth-order valence-electron chi connectivity index (χ4n) is 1.78. The molecule has 1 amide bonds. The number of hydrogen-bond donors (Lipinski definition) is 2. The van der Waals surface area contributed by atoms with Crippen molar-refractivity contribution < 1.29 is 9.53 Å². The Balaban J connectivity index is 4.34. The van der Waals surface area contributed by atoms with Crippen LogP contribution in [0.2, 0.25) is 0 Å². The lowest BCUT2D eigenvalue weighted by Gasteiger charge is -2.28. The summed E-state index contributed by atoms with van der Waals surface area (Å²) < 4.78 is 5.32. The van der Waals surface area contributed by atoms with Crippen LogP contribution in [0.25, 0.3) is 0 Å². The molecule has 4 heteroatoms. The van der Waals surface area contributed by atoms with Gasteiger partial charge in [0.1, 0.15) is 5.60 Å². The van der Waals surface area contributed by atoms with E-state index >= 15 is 0 Å². The van der Waals surface area contributed by atoms with E-state index in [0.29, 0.717) is 17.9 Å². The van der Waals surface area contributed by atoms with E-state index in [2.05, 4.69) is 45.3 Å². The van der Waals surface area contributed by atoms with Gasteiger partial charge in [-0.3, -0.25) is 0 Å². The van der Waals surface area contributed by atoms with Crippen LogP contribution in [0, 0.1) is 11.8 Å². The first-order chi connectivity index (χ1) is 9.06. The van der Waals surface area contributed by atoms with Gasteiger partial charge in [-0.2, -0.15) is 0 Å². The zero-order chi connectivity index (χ0) is 15.9. The van der Waals surface area contributed by atoms with Gasteiger partial charge in [0, 0.05) is 18.6 Å². The summed E-state index contributed by atoms with van der Waals surface area (Å²) in [6, 6.07) is 0.526. The van der Waals surface area contributed by atoms with Gasteiger partial charge in [-0.15, -0.1) is 0 Å². The fraction of sp³-hybridized carbons (Fsp3) is 0.938. The van der Waals surface area contributed by atoms with Crippen LogP contribution in [0.3, 0.4) is 0 Å². The molecule has 0 aliphatic heterocycles. The van der Waals surface area contributed by atoms with E-state index in [-0.39, 0.29) is 12.1 Å². The molecule has 0 bridgehead atoms. The molecule has 0 heterocycles. The molecule has 2 N–H and O–H groups in total. The van der Waals surface area contributed by atoms with Crippen molar-refractivity contribution in [2.24, 2.45) is 11.8 Å². The quantitative estimate of drug-likeness (QED) is 0.752. The highest BCUT2D eigenvalue weighted by Gasteiger charge is 2.22. The Bertz CT molecular complexity index is 285. The van der Waals surface area contributed by atoms with E-state index in [4.69, 9.17) is 4.74 Å². The summed E-state index contributed by atoms with van der Waals surface area (Å²) in [5.41, 5.74) is -0.455. The molecule has 20 heavy (non-hydrogen) atoms. The van der Waals surface area contributed by atoms with Crippen LogP contribution < -0.4 is 10.6 Å². The average Bonchev–Trinajstić information content (AvgIpc) is 2.30. The summed E-state index contributed by atoms with van der Waals surface area (Å²) in [4.78, 5) is 11.8. The molecule has 3 atom stereocenters. The maximum atomic E-state index is 11.8. The van der Waals surface area contributed by atoms with E-state index in [9.17, 15) is 4.79 Å². The third-order valence-corrected chi connectivity index (χ3v) is 3.66. The molecule has 0 aliphatic rings. The minimum absolute atomic E-state index is 0.0800. The number of alkyl carbamates (subject to hydrolysis) is 1. The van der Waals surface area contributed by atoms with Crippen molar-refractivity contribution in [3.8, 4) is 0 Å². The second kappa shape index (κ2) is 8.50. The minimum Gasteiger partial charge on any atom is -0.444 e. The number of ether oxygens (including phenoxy) is 1. The summed E-state index contributed by atoms with van der Waals surface area (Å²) in [7, 11) is 0. The van der Waals surface area contributed by atoms with Crippen molar-refractivity contribution in [2.75, 3.05) is 6.54 Å². The second-order valence-electron chi connectivity index (χ2n) is 7.08. The van der Waals surface area contributed by atoms with Gasteiger partial charge in [-0.05, 0) is 39.5 Å². The van der Waals surface area contributed by atoms with Gasteiger partial charge in [-0.1, -0.05) is 34.1 Å². The van der Waals surface area contributed by atoms with Crippen molar-refractivity contribution >= 4 is 6.09 Å². The third-order valence-electron chi connectivity index (χ3n) is 3.66. The number of hydrogen-bond acceptors (Lipinski definition) is 3. The topological polar surface area (TPSA) is 50.4 Å². The van der Waals surface area contributed by atoms with E-state index in [1.807, 2.05) is 20.8 Å². The van der Waals surface area contributed by atoms with Crippen LogP contribution in [0.1, 0.15) is 61.8 Å². The first-order valence-electron chi connectivity index (χ1n) is 7.79. The average molecular weight is 286 g/mol. The SMILES string of the molecule is CCC(C)C(C)NCC(NC(=O)OC(C)(C)C)C(C)C. The zero-order valence-corrected chi connectivity index (χ0v) is 14.5. The molecule has 0 saturated heterocycles. The summed E-state index contributed by atoms with van der Waals surface area (Å²) in [6.07, 6.45) is 0.814. The standard InChI is InChI=1S/C16H34N2O2/c1-9-12(4)13(5)17-10-14(11(2)3)18-15(19)20-16(6,7)8/h11-14,17H,9-10H2,1-8H3,(H,18,19). The zero-order valence-electron chi connectivity index (χ0n) is 14.5. The molecular weight excluding hydrogens is 252 g/mol. The van der Waals surface area contributed by atoms with Gasteiger partial charge in [-0.25, -0.2) is 4.79 Å². The Kier molecular flexibility index (Phi) is 8.17. The Labute approximate surface area is 125 Å². The molecule has 0 saturated carbocycles. The first kappa shape index (κ1) is 19.2. The van der Waals surface area contributed by atoms with E-state index in [1.54, 1.807) is 0 Å². The van der Waals surface area contributed by atoms with Gasteiger partial charge in [0.25, 0.3) is 0 Å². The Morgan fingerprint density at radius 2 is 1.70 bits per heavy atom. The molecule has 0 rings (SSSR count). The number of carbonyl (C=O) groups is 1. The highest BCUT2D eigenvalue weighted by Crippen LogP contribution is 2.10. The van der Waals surface area contributed by atoms with Crippen LogP contribution in [0.4, 0.5) is 4.79 Å². The van der Waals surface area contributed by atoms with E-state index in [1.165, 1.54) is 0 Å². The monoisotopic (exact) mass is 286 g/mol. The number of amides is 1. The van der Waals surface area contributed by atoms with Gasteiger partial charge >= 0.3 is 6.09 Å². The van der Waals surface area contributed by atoms with Crippen molar-refractivity contribution in [3.63, 3.8) is 0 Å². The Morgan fingerprint density at radius 3 is 2.10 bits per heavy atom. The molecule has 0 aromatic rings. The van der Waals surface area contributed by atoms with Crippen LogP contribution >= 0.6 is 0 Å².